The van der Waals surface area contributed by atoms with Gasteiger partial charge in [0.15, 0.2) is 5.11 Å². The van der Waals surface area contributed by atoms with Gasteiger partial charge in [0.1, 0.15) is 5.75 Å². The molecule has 2 amide bonds. The summed E-state index contributed by atoms with van der Waals surface area (Å²) in [7, 11) is 1.72. The monoisotopic (exact) mass is 433 g/mol. The molecule has 7 heteroatoms. The first kappa shape index (κ1) is 22.0. The third kappa shape index (κ3) is 5.90. The lowest BCUT2D eigenvalue weighted by molar-refractivity contribution is 0.0974. The normalized spacial score (nSPS) is 10.1. The summed E-state index contributed by atoms with van der Waals surface area (Å²) in [6, 6.07) is 23.1. The molecule has 0 unspecified atom stereocenters. The summed E-state index contributed by atoms with van der Waals surface area (Å²) in [6.07, 6.45) is 0. The first-order valence-corrected chi connectivity index (χ1v) is 10.2. The molecule has 0 aliphatic carbocycles. The summed E-state index contributed by atoms with van der Waals surface area (Å²) in [5, 5.41) is 5.73. The molecule has 3 aromatic rings. The molecule has 0 atom stereocenters. The smallest absolute Gasteiger partial charge is 0.258 e. The van der Waals surface area contributed by atoms with Gasteiger partial charge in [0.25, 0.3) is 11.8 Å². The number of ether oxygens (including phenoxy) is 1. The van der Waals surface area contributed by atoms with E-state index >= 15 is 0 Å². The van der Waals surface area contributed by atoms with Crippen molar-refractivity contribution in [2.45, 2.75) is 6.92 Å². The number of carbonyl (C=O) groups excluding carboxylic acids is 2. The molecule has 0 aliphatic rings. The summed E-state index contributed by atoms with van der Waals surface area (Å²) < 4.78 is 5.38. The Labute approximate surface area is 186 Å². The number of para-hydroxylation sites is 1. The number of carbonyl (C=O) groups is 2. The fraction of sp³-hybridized carbons (Fsp3) is 0.125. The number of anilines is 2. The molecule has 0 fully saturated rings. The summed E-state index contributed by atoms with van der Waals surface area (Å²) in [5.41, 5.74) is 2.35. The standard InChI is InChI=1S/C24H23N3O3S/c1-3-30-21-14-12-17(13-15-21)22(28)26-24(31)25-19-9-7-8-18(16-19)23(29)27(2)20-10-5-4-6-11-20/h4-16H,3H2,1-2H3,(H2,25,26,28,31). The fourth-order valence-corrected chi connectivity index (χ4v) is 3.11. The van der Waals surface area contributed by atoms with E-state index in [1.807, 2.05) is 37.3 Å². The highest BCUT2D eigenvalue weighted by atomic mass is 32.1. The molecule has 0 saturated carbocycles. The maximum Gasteiger partial charge on any atom is 0.258 e. The van der Waals surface area contributed by atoms with Crippen LogP contribution in [0.5, 0.6) is 5.75 Å². The Bertz CT molecular complexity index is 1070. The predicted molar refractivity (Wildman–Crippen MR) is 127 cm³/mol. The third-order valence-corrected chi connectivity index (χ3v) is 4.67. The van der Waals surface area contributed by atoms with Crippen LogP contribution in [-0.2, 0) is 0 Å². The van der Waals surface area contributed by atoms with Crippen LogP contribution in [0.25, 0.3) is 0 Å². The van der Waals surface area contributed by atoms with Gasteiger partial charge >= 0.3 is 0 Å². The van der Waals surface area contributed by atoms with Crippen LogP contribution < -0.4 is 20.3 Å². The Morgan fingerprint density at radius 2 is 1.65 bits per heavy atom. The minimum Gasteiger partial charge on any atom is -0.494 e. The molecule has 0 bridgehead atoms. The first-order valence-electron chi connectivity index (χ1n) is 9.76. The zero-order valence-electron chi connectivity index (χ0n) is 17.3. The minimum atomic E-state index is -0.336. The van der Waals surface area contributed by atoms with E-state index in [0.717, 1.165) is 5.69 Å². The Hall–Kier alpha value is -3.71. The molecule has 0 saturated heterocycles. The molecule has 0 spiro atoms. The van der Waals surface area contributed by atoms with Gasteiger partial charge in [-0.3, -0.25) is 14.9 Å². The molecule has 0 aromatic heterocycles. The number of nitrogens with one attached hydrogen (secondary N) is 2. The molecule has 0 radical (unpaired) electrons. The van der Waals surface area contributed by atoms with Crippen molar-refractivity contribution in [2.75, 3.05) is 23.9 Å². The van der Waals surface area contributed by atoms with E-state index in [1.54, 1.807) is 60.5 Å². The average molecular weight is 434 g/mol. The quantitative estimate of drug-likeness (QED) is 0.561. The van der Waals surface area contributed by atoms with Crippen molar-refractivity contribution in [1.82, 2.24) is 5.32 Å². The van der Waals surface area contributed by atoms with Gasteiger partial charge in [-0.25, -0.2) is 0 Å². The van der Waals surface area contributed by atoms with Crippen molar-refractivity contribution >= 4 is 40.5 Å². The van der Waals surface area contributed by atoms with Crippen LogP contribution in [0.1, 0.15) is 27.6 Å². The summed E-state index contributed by atoms with van der Waals surface area (Å²) >= 11 is 5.25. The molecule has 31 heavy (non-hydrogen) atoms. The van der Waals surface area contributed by atoms with Gasteiger partial charge < -0.3 is 15.0 Å². The fourth-order valence-electron chi connectivity index (χ4n) is 2.90. The van der Waals surface area contributed by atoms with Crippen LogP contribution in [0.3, 0.4) is 0 Å². The van der Waals surface area contributed by atoms with Gasteiger partial charge in [0.2, 0.25) is 0 Å². The van der Waals surface area contributed by atoms with Crippen molar-refractivity contribution in [3.63, 3.8) is 0 Å². The number of hydrogen-bond acceptors (Lipinski definition) is 4. The van der Waals surface area contributed by atoms with E-state index in [0.29, 0.717) is 29.2 Å². The SMILES string of the molecule is CCOc1ccc(C(=O)NC(=S)Nc2cccc(C(=O)N(C)c3ccccc3)c2)cc1. The first-order chi connectivity index (χ1) is 15.0. The van der Waals surface area contributed by atoms with Crippen LogP contribution in [0.15, 0.2) is 78.9 Å². The second-order valence-electron chi connectivity index (χ2n) is 6.65. The lowest BCUT2D eigenvalue weighted by atomic mass is 10.1. The van der Waals surface area contributed by atoms with Crippen LogP contribution in [0.2, 0.25) is 0 Å². The molecular weight excluding hydrogens is 410 g/mol. The van der Waals surface area contributed by atoms with Crippen molar-refractivity contribution in [3.05, 3.63) is 90.0 Å². The zero-order valence-corrected chi connectivity index (χ0v) is 18.1. The molecule has 0 heterocycles. The van der Waals surface area contributed by atoms with E-state index < -0.39 is 0 Å². The largest absolute Gasteiger partial charge is 0.494 e. The number of rotatable bonds is 6. The highest BCUT2D eigenvalue weighted by molar-refractivity contribution is 7.80. The number of thiocarbonyl (C=S) groups is 1. The van der Waals surface area contributed by atoms with Crippen LogP contribution >= 0.6 is 12.2 Å². The van der Waals surface area contributed by atoms with Gasteiger partial charge in [0.05, 0.1) is 6.61 Å². The van der Waals surface area contributed by atoms with Crippen molar-refractivity contribution in [1.29, 1.82) is 0 Å². The number of benzene rings is 3. The van der Waals surface area contributed by atoms with Crippen molar-refractivity contribution in [2.24, 2.45) is 0 Å². The number of nitrogens with zero attached hydrogens (tertiary/aromatic N) is 1. The molecule has 2 N–H and O–H groups in total. The van der Waals surface area contributed by atoms with E-state index in [-0.39, 0.29) is 16.9 Å². The Morgan fingerprint density at radius 1 is 0.935 bits per heavy atom. The number of hydrogen-bond donors (Lipinski definition) is 2. The van der Waals surface area contributed by atoms with E-state index in [2.05, 4.69) is 10.6 Å². The van der Waals surface area contributed by atoms with Gasteiger partial charge in [-0.05, 0) is 73.7 Å². The maximum absolute atomic E-state index is 12.8. The average Bonchev–Trinajstić information content (AvgIpc) is 2.79. The molecule has 158 valence electrons. The summed E-state index contributed by atoms with van der Waals surface area (Å²) in [4.78, 5) is 26.8. The molecular formula is C24H23N3O3S. The Morgan fingerprint density at radius 3 is 2.32 bits per heavy atom. The Kier molecular flexibility index (Phi) is 7.35. The zero-order chi connectivity index (χ0) is 22.2. The second kappa shape index (κ2) is 10.4. The van der Waals surface area contributed by atoms with E-state index in [9.17, 15) is 9.59 Å². The summed E-state index contributed by atoms with van der Waals surface area (Å²) in [5.74, 6) is 0.206. The third-order valence-electron chi connectivity index (χ3n) is 4.47. The van der Waals surface area contributed by atoms with E-state index in [4.69, 9.17) is 17.0 Å². The molecule has 6 nitrogen and oxygen atoms in total. The van der Waals surface area contributed by atoms with E-state index in [1.165, 1.54) is 0 Å². The topological polar surface area (TPSA) is 70.7 Å². The number of amides is 2. The van der Waals surface area contributed by atoms with Crippen LogP contribution in [0, 0.1) is 0 Å². The molecule has 3 aromatic carbocycles. The lowest BCUT2D eigenvalue weighted by Crippen LogP contribution is -2.34. The van der Waals surface area contributed by atoms with Gasteiger partial charge in [-0.2, -0.15) is 0 Å². The predicted octanol–water partition coefficient (Wildman–Crippen LogP) is 4.49. The molecule has 0 aliphatic heterocycles. The van der Waals surface area contributed by atoms with Gasteiger partial charge in [0, 0.05) is 29.5 Å². The maximum atomic E-state index is 12.8. The summed E-state index contributed by atoms with van der Waals surface area (Å²) in [6.45, 7) is 2.45. The minimum absolute atomic E-state index is 0.139. The van der Waals surface area contributed by atoms with Gasteiger partial charge in [-0.15, -0.1) is 0 Å². The highest BCUT2D eigenvalue weighted by Gasteiger charge is 2.14. The highest BCUT2D eigenvalue weighted by Crippen LogP contribution is 2.17. The lowest BCUT2D eigenvalue weighted by Gasteiger charge is -2.18. The van der Waals surface area contributed by atoms with Crippen LogP contribution in [0.4, 0.5) is 11.4 Å². The second-order valence-corrected chi connectivity index (χ2v) is 7.05. The van der Waals surface area contributed by atoms with Gasteiger partial charge in [-0.1, -0.05) is 24.3 Å². The Balaban J connectivity index is 1.63. The van der Waals surface area contributed by atoms with Crippen molar-refractivity contribution < 1.29 is 14.3 Å². The molecule has 3 rings (SSSR count). The van der Waals surface area contributed by atoms with Crippen LogP contribution in [-0.4, -0.2) is 30.6 Å². The van der Waals surface area contributed by atoms with Crippen molar-refractivity contribution in [3.8, 4) is 5.75 Å².